The van der Waals surface area contributed by atoms with E-state index >= 15 is 0 Å². The van der Waals surface area contributed by atoms with Gasteiger partial charge in [0.25, 0.3) is 11.8 Å². The van der Waals surface area contributed by atoms with Gasteiger partial charge in [-0.3, -0.25) is 9.59 Å². The van der Waals surface area contributed by atoms with E-state index in [0.29, 0.717) is 53.3 Å². The van der Waals surface area contributed by atoms with Gasteiger partial charge in [-0.1, -0.05) is 20.1 Å². The summed E-state index contributed by atoms with van der Waals surface area (Å²) >= 11 is 0. The van der Waals surface area contributed by atoms with E-state index in [4.69, 9.17) is 9.15 Å². The van der Waals surface area contributed by atoms with E-state index in [0.717, 1.165) is 13.8 Å². The molecular formula is C32H43N4O6PS. The van der Waals surface area contributed by atoms with Crippen molar-refractivity contribution in [1.82, 2.24) is 19.5 Å². The molecule has 10 nitrogen and oxygen atoms in total. The first-order chi connectivity index (χ1) is 20.7. The Labute approximate surface area is 262 Å². The minimum atomic E-state index is -3.77. The average Bonchev–Trinajstić information content (AvgIpc) is 3.29. The second-order valence-corrected chi connectivity index (χ2v) is 14.0. The van der Waals surface area contributed by atoms with Gasteiger partial charge in [0.1, 0.15) is 17.2 Å². The van der Waals surface area contributed by atoms with Gasteiger partial charge in [-0.2, -0.15) is 4.31 Å². The molecule has 0 saturated carbocycles. The molecular weight excluding hydrogens is 599 g/mol. The highest BCUT2D eigenvalue weighted by molar-refractivity contribution is 7.89. The smallest absolute Gasteiger partial charge is 0.253 e. The van der Waals surface area contributed by atoms with Crippen LogP contribution in [0, 0.1) is 26.7 Å². The number of methoxy groups -OCH3 is 1. The Morgan fingerprint density at radius 1 is 1.09 bits per heavy atom. The maximum Gasteiger partial charge on any atom is 0.253 e. The van der Waals surface area contributed by atoms with E-state index in [1.165, 1.54) is 28.4 Å². The first kappa shape index (κ1) is 35.0. The quantitative estimate of drug-likeness (QED) is 0.229. The highest BCUT2D eigenvalue weighted by Gasteiger charge is 2.27. The van der Waals surface area contributed by atoms with Gasteiger partial charge in [0.15, 0.2) is 5.89 Å². The number of carbonyl (C=O) groups excluding carboxylic acids is 2. The number of aromatic nitrogens is 1. The van der Waals surface area contributed by atoms with Crippen LogP contribution in [0.25, 0.3) is 0 Å². The standard InChI is InChI=1S/C32H43N4O6PS/c1-21(2)18-36(44(39,40)29-11-9-28(41-7)10-12-29)14-13-27(20-43-8)34-31(37)25-15-22(3)16-26(17-25)32(38)35(6)19-30-23(4)42-24(5)33-30/h9-12,15-17,21,27H,8,13-14,18-20H2,1-7H3,(H,34,37). The van der Waals surface area contributed by atoms with Gasteiger partial charge in [0.2, 0.25) is 10.0 Å². The molecule has 0 aliphatic rings. The highest BCUT2D eigenvalue weighted by Crippen LogP contribution is 2.22. The molecule has 0 bridgehead atoms. The molecule has 12 heteroatoms. The highest BCUT2D eigenvalue weighted by atomic mass is 32.2. The van der Waals surface area contributed by atoms with Crippen LogP contribution in [0.1, 0.15) is 63.9 Å². The van der Waals surface area contributed by atoms with Gasteiger partial charge in [-0.25, -0.2) is 13.4 Å². The molecule has 0 aliphatic carbocycles. The predicted octanol–water partition coefficient (Wildman–Crippen LogP) is 5.09. The van der Waals surface area contributed by atoms with Crippen molar-refractivity contribution >= 4 is 36.3 Å². The topological polar surface area (TPSA) is 122 Å². The summed E-state index contributed by atoms with van der Waals surface area (Å²) in [5, 5.41) is 3.05. The zero-order chi connectivity index (χ0) is 32.6. The lowest BCUT2D eigenvalue weighted by atomic mass is 10.0. The average molecular weight is 643 g/mol. The minimum absolute atomic E-state index is 0.0978. The normalized spacial score (nSPS) is 12.5. The molecule has 238 valence electrons. The van der Waals surface area contributed by atoms with Crippen molar-refractivity contribution in [3.8, 4) is 5.75 Å². The van der Waals surface area contributed by atoms with Crippen LogP contribution in [0.5, 0.6) is 5.75 Å². The van der Waals surface area contributed by atoms with Crippen molar-refractivity contribution in [2.75, 3.05) is 33.4 Å². The van der Waals surface area contributed by atoms with Crippen molar-refractivity contribution in [3.05, 3.63) is 76.5 Å². The molecule has 1 N–H and O–H groups in total. The molecule has 44 heavy (non-hydrogen) atoms. The Hall–Kier alpha value is -3.53. The van der Waals surface area contributed by atoms with Gasteiger partial charge < -0.3 is 19.4 Å². The van der Waals surface area contributed by atoms with Crippen molar-refractivity contribution in [2.24, 2.45) is 5.92 Å². The molecule has 1 atom stereocenters. The maximum absolute atomic E-state index is 13.5. The molecule has 1 unspecified atom stereocenters. The van der Waals surface area contributed by atoms with Crippen LogP contribution in [0.4, 0.5) is 0 Å². The largest absolute Gasteiger partial charge is 0.497 e. The van der Waals surface area contributed by atoms with Gasteiger partial charge in [-0.05, 0) is 74.2 Å². The molecule has 0 aliphatic heterocycles. The lowest BCUT2D eigenvalue weighted by molar-refractivity contribution is 0.0783. The van der Waals surface area contributed by atoms with Crippen LogP contribution in [-0.2, 0) is 16.6 Å². The fourth-order valence-corrected chi connectivity index (χ4v) is 7.02. The molecule has 1 heterocycles. The second-order valence-electron chi connectivity index (χ2n) is 11.3. The summed E-state index contributed by atoms with van der Waals surface area (Å²) in [6, 6.07) is 11.1. The minimum Gasteiger partial charge on any atom is -0.497 e. The van der Waals surface area contributed by atoms with Crippen molar-refractivity contribution in [2.45, 2.75) is 58.5 Å². The number of amides is 2. The number of nitrogens with zero attached hydrogens (tertiary/aromatic N) is 3. The third-order valence-corrected chi connectivity index (χ3v) is 9.58. The third kappa shape index (κ3) is 9.24. The van der Waals surface area contributed by atoms with E-state index < -0.39 is 10.0 Å². The fourth-order valence-electron chi connectivity index (χ4n) is 4.82. The SMILES string of the molecule is C=PCC(CCN(CC(C)C)S(=O)(=O)c1ccc(OC)cc1)NC(=O)c1cc(C)cc(C(=O)N(C)Cc2nc(C)oc2C)c1. The summed E-state index contributed by atoms with van der Waals surface area (Å²) in [6.45, 7) is 10.1. The monoisotopic (exact) mass is 642 g/mol. The van der Waals surface area contributed by atoms with Crippen molar-refractivity contribution < 1.29 is 27.2 Å². The summed E-state index contributed by atoms with van der Waals surface area (Å²) in [5.41, 5.74) is 2.19. The number of hydrogen-bond donors (Lipinski definition) is 1. The number of ether oxygens (including phenoxy) is 1. The summed E-state index contributed by atoms with van der Waals surface area (Å²) in [4.78, 5) is 32.8. The number of nitrogens with one attached hydrogen (secondary N) is 1. The molecule has 3 aromatic rings. The number of sulfonamides is 1. The Balaban J connectivity index is 1.75. The van der Waals surface area contributed by atoms with Crippen LogP contribution in [0.2, 0.25) is 0 Å². The van der Waals surface area contributed by atoms with Crippen LogP contribution < -0.4 is 10.1 Å². The lowest BCUT2D eigenvalue weighted by Gasteiger charge is -2.26. The summed E-state index contributed by atoms with van der Waals surface area (Å²) in [6.07, 6.45) is 4.86. The van der Waals surface area contributed by atoms with Crippen LogP contribution in [-0.4, -0.2) is 80.2 Å². The van der Waals surface area contributed by atoms with Crippen LogP contribution in [0.15, 0.2) is 51.8 Å². The Bertz CT molecular complexity index is 1570. The zero-order valence-electron chi connectivity index (χ0n) is 26.6. The Morgan fingerprint density at radius 3 is 2.32 bits per heavy atom. The number of oxazole rings is 1. The van der Waals surface area contributed by atoms with Gasteiger partial charge in [0, 0.05) is 50.4 Å². The number of carbonyl (C=O) groups is 2. The first-order valence-corrected chi connectivity index (χ1v) is 17.1. The third-order valence-electron chi connectivity index (χ3n) is 7.00. The molecule has 2 aromatic carbocycles. The summed E-state index contributed by atoms with van der Waals surface area (Å²) < 4.78 is 39.2. The predicted molar refractivity (Wildman–Crippen MR) is 174 cm³/mol. The van der Waals surface area contributed by atoms with E-state index in [1.54, 1.807) is 51.2 Å². The molecule has 2 amide bonds. The number of benzene rings is 2. The second kappa shape index (κ2) is 15.5. The first-order valence-electron chi connectivity index (χ1n) is 14.4. The summed E-state index contributed by atoms with van der Waals surface area (Å²) in [7, 11) is 0.251. The van der Waals surface area contributed by atoms with Crippen LogP contribution in [0.3, 0.4) is 0 Å². The van der Waals surface area contributed by atoms with Gasteiger partial charge >= 0.3 is 0 Å². The van der Waals surface area contributed by atoms with Crippen molar-refractivity contribution in [1.29, 1.82) is 0 Å². The van der Waals surface area contributed by atoms with Gasteiger partial charge in [0.05, 0.1) is 18.6 Å². The molecule has 0 spiro atoms. The maximum atomic E-state index is 13.5. The summed E-state index contributed by atoms with van der Waals surface area (Å²) in [5.74, 6) is 1.28. The fraction of sp³-hybridized carbons (Fsp3) is 0.438. The lowest BCUT2D eigenvalue weighted by Crippen LogP contribution is -2.41. The number of hydrogen-bond acceptors (Lipinski definition) is 7. The van der Waals surface area contributed by atoms with Crippen molar-refractivity contribution in [3.63, 3.8) is 0 Å². The number of aryl methyl sites for hydroxylation is 3. The molecule has 0 fully saturated rings. The van der Waals surface area contributed by atoms with Crippen LogP contribution >= 0.6 is 8.20 Å². The van der Waals surface area contributed by atoms with E-state index in [-0.39, 0.29) is 41.8 Å². The van der Waals surface area contributed by atoms with E-state index in [1.807, 2.05) is 20.8 Å². The molecule has 1 aromatic heterocycles. The molecule has 3 rings (SSSR count). The zero-order valence-corrected chi connectivity index (χ0v) is 28.3. The van der Waals surface area contributed by atoms with E-state index in [9.17, 15) is 18.0 Å². The Morgan fingerprint density at radius 2 is 1.75 bits per heavy atom. The van der Waals surface area contributed by atoms with E-state index in [2.05, 4.69) is 16.6 Å². The number of rotatable bonds is 15. The molecule has 0 saturated heterocycles. The van der Waals surface area contributed by atoms with Gasteiger partial charge in [-0.15, -0.1) is 8.20 Å². The molecule has 0 radical (unpaired) electrons. The Kier molecular flexibility index (Phi) is 12.3.